The largest absolute Gasteiger partial charge is 0.0654 e. The summed E-state index contributed by atoms with van der Waals surface area (Å²) in [7, 11) is 0. The Kier molecular flexibility index (Phi) is 11.1. The highest BCUT2D eigenvalue weighted by atomic mass is 14.2. The number of unbranched alkanes of at least 4 members (excludes halogenated alkanes) is 2. The Bertz CT molecular complexity index is 146. The van der Waals surface area contributed by atoms with E-state index in [9.17, 15) is 0 Å². The molecule has 0 saturated carbocycles. The van der Waals surface area contributed by atoms with Gasteiger partial charge in [-0.3, -0.25) is 0 Å². The predicted octanol–water partition coefficient (Wildman–Crippen LogP) is 6.45. The third-order valence-electron chi connectivity index (χ3n) is 4.57. The van der Waals surface area contributed by atoms with Crippen LogP contribution in [0.25, 0.3) is 0 Å². The molecular formula is C17H36. The minimum absolute atomic E-state index is 0.949. The standard InChI is InChI=1S/C17H36/c1-6-10-11-12-15(5)13-14-17(9-4)16(7-2)8-3/h15-17H,6-14H2,1-5H3. The van der Waals surface area contributed by atoms with E-state index in [-0.39, 0.29) is 0 Å². The molecule has 0 aliphatic carbocycles. The van der Waals surface area contributed by atoms with Crippen molar-refractivity contribution >= 4 is 0 Å². The van der Waals surface area contributed by atoms with Crippen LogP contribution in [-0.2, 0) is 0 Å². The molecule has 0 amide bonds. The molecule has 0 aromatic rings. The molecule has 0 bridgehead atoms. The van der Waals surface area contributed by atoms with Gasteiger partial charge < -0.3 is 0 Å². The molecule has 0 heterocycles. The van der Waals surface area contributed by atoms with E-state index in [0.29, 0.717) is 0 Å². The van der Waals surface area contributed by atoms with Gasteiger partial charge in [0.25, 0.3) is 0 Å². The summed E-state index contributed by atoms with van der Waals surface area (Å²) in [5, 5.41) is 0. The van der Waals surface area contributed by atoms with Crippen LogP contribution in [0.5, 0.6) is 0 Å². The molecule has 0 rings (SSSR count). The summed E-state index contributed by atoms with van der Waals surface area (Å²) in [4.78, 5) is 0. The van der Waals surface area contributed by atoms with Crippen LogP contribution in [-0.4, -0.2) is 0 Å². The molecular weight excluding hydrogens is 204 g/mol. The van der Waals surface area contributed by atoms with Gasteiger partial charge in [0, 0.05) is 0 Å². The first kappa shape index (κ1) is 17.0. The first-order chi connectivity index (χ1) is 8.19. The molecule has 0 heteroatoms. The lowest BCUT2D eigenvalue weighted by atomic mass is 9.81. The van der Waals surface area contributed by atoms with Gasteiger partial charge in [0.2, 0.25) is 0 Å². The van der Waals surface area contributed by atoms with Crippen molar-refractivity contribution in [2.24, 2.45) is 17.8 Å². The van der Waals surface area contributed by atoms with Gasteiger partial charge in [-0.1, -0.05) is 86.0 Å². The van der Waals surface area contributed by atoms with Crippen molar-refractivity contribution in [3.63, 3.8) is 0 Å². The molecule has 0 aromatic heterocycles. The van der Waals surface area contributed by atoms with E-state index in [1.54, 1.807) is 0 Å². The molecule has 0 saturated heterocycles. The van der Waals surface area contributed by atoms with Crippen molar-refractivity contribution < 1.29 is 0 Å². The lowest BCUT2D eigenvalue weighted by molar-refractivity contribution is 0.263. The van der Waals surface area contributed by atoms with Crippen LogP contribution >= 0.6 is 0 Å². The quantitative estimate of drug-likeness (QED) is 0.364. The summed E-state index contributed by atoms with van der Waals surface area (Å²) in [6.45, 7) is 11.9. The maximum Gasteiger partial charge on any atom is -0.0389 e. The van der Waals surface area contributed by atoms with E-state index in [1.807, 2.05) is 0 Å². The van der Waals surface area contributed by atoms with Crippen LogP contribution in [0, 0.1) is 17.8 Å². The zero-order chi connectivity index (χ0) is 13.1. The highest BCUT2D eigenvalue weighted by Crippen LogP contribution is 2.29. The molecule has 17 heavy (non-hydrogen) atoms. The third kappa shape index (κ3) is 7.84. The van der Waals surface area contributed by atoms with E-state index in [4.69, 9.17) is 0 Å². The molecule has 104 valence electrons. The topological polar surface area (TPSA) is 0 Å². The Hall–Kier alpha value is 0. The van der Waals surface area contributed by atoms with Crippen molar-refractivity contribution in [1.29, 1.82) is 0 Å². The summed E-state index contributed by atoms with van der Waals surface area (Å²) < 4.78 is 0. The minimum Gasteiger partial charge on any atom is -0.0654 e. The first-order valence-corrected chi connectivity index (χ1v) is 8.19. The molecule has 0 fully saturated rings. The van der Waals surface area contributed by atoms with Crippen molar-refractivity contribution in [2.45, 2.75) is 92.4 Å². The summed E-state index contributed by atoms with van der Waals surface area (Å²) in [6.07, 6.45) is 12.7. The van der Waals surface area contributed by atoms with Crippen molar-refractivity contribution in [2.75, 3.05) is 0 Å². The molecule has 0 radical (unpaired) electrons. The zero-order valence-corrected chi connectivity index (χ0v) is 13.1. The van der Waals surface area contributed by atoms with Crippen LogP contribution in [0.4, 0.5) is 0 Å². The second kappa shape index (κ2) is 11.1. The van der Waals surface area contributed by atoms with E-state index < -0.39 is 0 Å². The van der Waals surface area contributed by atoms with Crippen molar-refractivity contribution in [3.05, 3.63) is 0 Å². The van der Waals surface area contributed by atoms with E-state index >= 15 is 0 Å². The molecule has 0 aliphatic rings. The van der Waals surface area contributed by atoms with Gasteiger partial charge in [0.15, 0.2) is 0 Å². The molecule has 0 nitrogen and oxygen atoms in total. The van der Waals surface area contributed by atoms with Gasteiger partial charge in [-0.15, -0.1) is 0 Å². The summed E-state index contributed by atoms with van der Waals surface area (Å²) in [6, 6.07) is 0. The smallest absolute Gasteiger partial charge is 0.0389 e. The molecule has 0 aromatic carbocycles. The highest BCUT2D eigenvalue weighted by molar-refractivity contribution is 4.68. The Morgan fingerprint density at radius 3 is 1.71 bits per heavy atom. The summed E-state index contributed by atoms with van der Waals surface area (Å²) in [5.41, 5.74) is 0. The maximum absolute atomic E-state index is 2.45. The number of rotatable bonds is 11. The summed E-state index contributed by atoms with van der Waals surface area (Å²) in [5.74, 6) is 2.91. The molecule has 0 N–H and O–H groups in total. The lowest BCUT2D eigenvalue weighted by Gasteiger charge is -2.25. The normalized spacial score (nSPS) is 15.2. The van der Waals surface area contributed by atoms with Crippen LogP contribution in [0.2, 0.25) is 0 Å². The molecule has 0 aliphatic heterocycles. The first-order valence-electron chi connectivity index (χ1n) is 8.19. The predicted molar refractivity (Wildman–Crippen MR) is 80.4 cm³/mol. The summed E-state index contributed by atoms with van der Waals surface area (Å²) >= 11 is 0. The van der Waals surface area contributed by atoms with Crippen molar-refractivity contribution in [3.8, 4) is 0 Å². The third-order valence-corrected chi connectivity index (χ3v) is 4.57. The average Bonchev–Trinajstić information content (AvgIpc) is 2.34. The fourth-order valence-corrected chi connectivity index (χ4v) is 3.11. The van der Waals surface area contributed by atoms with Crippen LogP contribution in [0.1, 0.15) is 92.4 Å². The van der Waals surface area contributed by atoms with Gasteiger partial charge in [-0.2, -0.15) is 0 Å². The van der Waals surface area contributed by atoms with Gasteiger partial charge in [-0.05, 0) is 24.2 Å². The average molecular weight is 240 g/mol. The fourth-order valence-electron chi connectivity index (χ4n) is 3.11. The van der Waals surface area contributed by atoms with Crippen LogP contribution in [0.15, 0.2) is 0 Å². The minimum atomic E-state index is 0.949. The number of hydrogen-bond donors (Lipinski definition) is 0. The zero-order valence-electron chi connectivity index (χ0n) is 13.1. The molecule has 0 spiro atoms. The Labute approximate surface area is 111 Å². The van der Waals surface area contributed by atoms with Crippen LogP contribution < -0.4 is 0 Å². The monoisotopic (exact) mass is 240 g/mol. The van der Waals surface area contributed by atoms with E-state index in [0.717, 1.165) is 17.8 Å². The maximum atomic E-state index is 2.45. The van der Waals surface area contributed by atoms with E-state index in [1.165, 1.54) is 57.8 Å². The van der Waals surface area contributed by atoms with Gasteiger partial charge in [0.05, 0.1) is 0 Å². The fraction of sp³-hybridized carbons (Fsp3) is 1.00. The SMILES string of the molecule is CCCCCC(C)CCC(CC)C(CC)CC. The van der Waals surface area contributed by atoms with Crippen molar-refractivity contribution in [1.82, 2.24) is 0 Å². The Morgan fingerprint density at radius 1 is 0.647 bits per heavy atom. The number of hydrogen-bond acceptors (Lipinski definition) is 0. The van der Waals surface area contributed by atoms with Gasteiger partial charge >= 0.3 is 0 Å². The lowest BCUT2D eigenvalue weighted by Crippen LogP contribution is -2.14. The Morgan fingerprint density at radius 2 is 1.24 bits per heavy atom. The van der Waals surface area contributed by atoms with Crippen LogP contribution in [0.3, 0.4) is 0 Å². The van der Waals surface area contributed by atoms with E-state index in [2.05, 4.69) is 34.6 Å². The van der Waals surface area contributed by atoms with Gasteiger partial charge in [-0.25, -0.2) is 0 Å². The Balaban J connectivity index is 3.80. The van der Waals surface area contributed by atoms with Gasteiger partial charge in [0.1, 0.15) is 0 Å². The molecule has 2 unspecified atom stereocenters. The second-order valence-corrected chi connectivity index (χ2v) is 5.92. The second-order valence-electron chi connectivity index (χ2n) is 5.92. The molecule has 2 atom stereocenters. The highest BCUT2D eigenvalue weighted by Gasteiger charge is 2.17.